The number of thioether (sulfide) groups is 1. The van der Waals surface area contributed by atoms with Gasteiger partial charge in [0.05, 0.1) is 0 Å². The van der Waals surface area contributed by atoms with Gasteiger partial charge in [0.2, 0.25) is 5.13 Å². The van der Waals surface area contributed by atoms with Gasteiger partial charge in [-0.1, -0.05) is 55.5 Å². The Balaban J connectivity index is 1.77. The number of benzene rings is 1. The fourth-order valence-corrected chi connectivity index (χ4v) is 3.55. The molecule has 0 aliphatic carbocycles. The van der Waals surface area contributed by atoms with Crippen LogP contribution in [0.2, 0.25) is 0 Å². The molecular weight excluding hydrogens is 330 g/mol. The van der Waals surface area contributed by atoms with E-state index < -0.39 is 0 Å². The van der Waals surface area contributed by atoms with Crippen molar-refractivity contribution in [2.24, 2.45) is 0 Å². The summed E-state index contributed by atoms with van der Waals surface area (Å²) < 4.78 is 6.35. The Kier molecular flexibility index (Phi) is 7.35. The Morgan fingerprint density at radius 2 is 2.00 bits per heavy atom. The number of nitrogens with zero attached hydrogens (tertiary/aromatic N) is 2. The molecule has 0 saturated carbocycles. The molecule has 23 heavy (non-hydrogen) atoms. The number of amides is 1. The number of rotatable bonds is 9. The Hall–Kier alpha value is -1.60. The predicted molar refractivity (Wildman–Crippen MR) is 95.5 cm³/mol. The summed E-state index contributed by atoms with van der Waals surface area (Å²) in [4.78, 5) is 11.9. The number of anilines is 1. The molecule has 7 heteroatoms. The van der Waals surface area contributed by atoms with E-state index in [0.29, 0.717) is 10.9 Å². The molecule has 1 aromatic carbocycles. The smallest absolute Gasteiger partial charge is 0.264 e. The van der Waals surface area contributed by atoms with Crippen LogP contribution in [0.4, 0.5) is 5.13 Å². The van der Waals surface area contributed by atoms with Crippen molar-refractivity contribution in [1.82, 2.24) is 10.2 Å². The van der Waals surface area contributed by atoms with Crippen LogP contribution in [0.25, 0.3) is 0 Å². The summed E-state index contributed by atoms with van der Waals surface area (Å²) in [7, 11) is 0. The van der Waals surface area contributed by atoms with Gasteiger partial charge >= 0.3 is 0 Å². The lowest BCUT2D eigenvalue weighted by Gasteiger charge is -2.06. The molecule has 124 valence electrons. The zero-order valence-corrected chi connectivity index (χ0v) is 15.0. The van der Waals surface area contributed by atoms with Gasteiger partial charge in [-0.15, -0.1) is 10.2 Å². The van der Waals surface area contributed by atoms with Gasteiger partial charge in [0.25, 0.3) is 5.91 Å². The van der Waals surface area contributed by atoms with Crippen molar-refractivity contribution in [2.45, 2.75) is 37.4 Å². The maximum atomic E-state index is 11.9. The lowest BCUT2D eigenvalue weighted by molar-refractivity contribution is -0.118. The quantitative estimate of drug-likeness (QED) is 0.546. The molecule has 2 rings (SSSR count). The zero-order valence-electron chi connectivity index (χ0n) is 13.4. The summed E-state index contributed by atoms with van der Waals surface area (Å²) in [6.45, 7) is 4.22. The maximum absolute atomic E-state index is 11.9. The van der Waals surface area contributed by atoms with Crippen molar-refractivity contribution in [3.8, 4) is 5.75 Å². The first-order chi connectivity index (χ1) is 11.2. The van der Waals surface area contributed by atoms with E-state index in [0.717, 1.165) is 29.4 Å². The summed E-state index contributed by atoms with van der Waals surface area (Å²) in [5.41, 5.74) is 1.27. The van der Waals surface area contributed by atoms with Gasteiger partial charge in [-0.3, -0.25) is 10.1 Å². The number of ether oxygens (including phenoxy) is 1. The van der Waals surface area contributed by atoms with Crippen molar-refractivity contribution in [3.05, 3.63) is 29.8 Å². The van der Waals surface area contributed by atoms with E-state index in [2.05, 4.69) is 29.4 Å². The number of carbonyl (C=O) groups is 1. The maximum Gasteiger partial charge on any atom is 0.264 e. The number of hydrogen-bond acceptors (Lipinski definition) is 6. The van der Waals surface area contributed by atoms with Crippen LogP contribution in [0.1, 0.15) is 32.3 Å². The average molecular weight is 351 g/mol. The summed E-state index contributed by atoms with van der Waals surface area (Å²) in [5.74, 6) is 1.46. The van der Waals surface area contributed by atoms with Crippen LogP contribution in [0.3, 0.4) is 0 Å². The summed E-state index contributed by atoms with van der Waals surface area (Å²) >= 11 is 3.03. The standard InChI is InChI=1S/C16H21N3O2S2/c1-3-5-12-6-8-13(9-7-12)21-11-14(20)17-15-18-19-16(23-15)22-10-4-2/h6-9H,3-5,10-11H2,1-2H3,(H,17,18,20). The van der Waals surface area contributed by atoms with Crippen LogP contribution in [0.5, 0.6) is 5.75 Å². The minimum absolute atomic E-state index is 0.0376. The highest BCUT2D eigenvalue weighted by atomic mass is 32.2. The van der Waals surface area contributed by atoms with Crippen molar-refractivity contribution < 1.29 is 9.53 Å². The molecule has 0 aliphatic rings. The molecule has 1 amide bonds. The van der Waals surface area contributed by atoms with Gasteiger partial charge in [0.15, 0.2) is 10.9 Å². The van der Waals surface area contributed by atoms with Crippen molar-refractivity contribution in [1.29, 1.82) is 0 Å². The highest BCUT2D eigenvalue weighted by Gasteiger charge is 2.09. The van der Waals surface area contributed by atoms with Crippen molar-refractivity contribution in [2.75, 3.05) is 17.7 Å². The number of carbonyl (C=O) groups excluding carboxylic acids is 1. The second-order valence-electron chi connectivity index (χ2n) is 4.95. The van der Waals surface area contributed by atoms with E-state index in [4.69, 9.17) is 4.74 Å². The zero-order chi connectivity index (χ0) is 16.5. The first kappa shape index (κ1) is 17.7. The molecule has 0 aliphatic heterocycles. The minimum Gasteiger partial charge on any atom is -0.484 e. The van der Waals surface area contributed by atoms with Gasteiger partial charge in [0.1, 0.15) is 5.75 Å². The average Bonchev–Trinajstić information content (AvgIpc) is 3.00. The molecule has 1 heterocycles. The van der Waals surface area contributed by atoms with Crippen LogP contribution in [0.15, 0.2) is 28.6 Å². The third-order valence-corrected chi connectivity index (χ3v) is 5.09. The Morgan fingerprint density at radius 1 is 1.22 bits per heavy atom. The van der Waals surface area contributed by atoms with E-state index in [1.807, 2.05) is 24.3 Å². The molecule has 0 fully saturated rings. The van der Waals surface area contributed by atoms with Crippen LogP contribution in [-0.4, -0.2) is 28.5 Å². The van der Waals surface area contributed by atoms with Crippen molar-refractivity contribution in [3.63, 3.8) is 0 Å². The molecule has 0 unspecified atom stereocenters. The van der Waals surface area contributed by atoms with Crippen molar-refractivity contribution >= 4 is 34.1 Å². The molecule has 1 aromatic heterocycles. The van der Waals surface area contributed by atoms with Gasteiger partial charge in [-0.2, -0.15) is 0 Å². The van der Waals surface area contributed by atoms with Gasteiger partial charge in [-0.05, 0) is 30.5 Å². The molecular formula is C16H21N3O2S2. The molecule has 0 atom stereocenters. The van der Waals surface area contributed by atoms with E-state index in [-0.39, 0.29) is 12.5 Å². The van der Waals surface area contributed by atoms with Crippen LogP contribution in [-0.2, 0) is 11.2 Å². The Bertz CT molecular complexity index is 614. The van der Waals surface area contributed by atoms with Gasteiger partial charge < -0.3 is 4.74 Å². The molecule has 1 N–H and O–H groups in total. The summed E-state index contributed by atoms with van der Waals surface area (Å²) in [6, 6.07) is 7.84. The molecule has 0 spiro atoms. The van der Waals surface area contributed by atoms with E-state index >= 15 is 0 Å². The third kappa shape index (κ3) is 6.19. The third-order valence-electron chi connectivity index (χ3n) is 2.91. The van der Waals surface area contributed by atoms with Crippen LogP contribution >= 0.6 is 23.1 Å². The first-order valence-electron chi connectivity index (χ1n) is 7.69. The largest absolute Gasteiger partial charge is 0.484 e. The normalized spacial score (nSPS) is 10.5. The molecule has 2 aromatic rings. The summed E-state index contributed by atoms with van der Waals surface area (Å²) in [6.07, 6.45) is 3.25. The molecule has 5 nitrogen and oxygen atoms in total. The SMILES string of the molecule is CCCSc1nnc(NC(=O)COc2ccc(CCC)cc2)s1. The number of nitrogens with one attached hydrogen (secondary N) is 1. The highest BCUT2D eigenvalue weighted by molar-refractivity contribution is 8.01. The number of aryl methyl sites for hydroxylation is 1. The van der Waals surface area contributed by atoms with E-state index in [1.165, 1.54) is 16.9 Å². The van der Waals surface area contributed by atoms with E-state index in [1.54, 1.807) is 11.8 Å². The molecule has 0 bridgehead atoms. The Labute approximate surface area is 144 Å². The highest BCUT2D eigenvalue weighted by Crippen LogP contribution is 2.25. The molecule has 0 saturated heterocycles. The monoisotopic (exact) mass is 351 g/mol. The number of aromatic nitrogens is 2. The Morgan fingerprint density at radius 3 is 2.70 bits per heavy atom. The topological polar surface area (TPSA) is 64.1 Å². The van der Waals surface area contributed by atoms with E-state index in [9.17, 15) is 4.79 Å². The number of hydrogen-bond donors (Lipinski definition) is 1. The van der Waals surface area contributed by atoms with Crippen LogP contribution < -0.4 is 10.1 Å². The van der Waals surface area contributed by atoms with Gasteiger partial charge in [0, 0.05) is 5.75 Å². The second-order valence-corrected chi connectivity index (χ2v) is 7.27. The second kappa shape index (κ2) is 9.52. The predicted octanol–water partition coefficient (Wildman–Crippen LogP) is 4.01. The fourth-order valence-electron chi connectivity index (χ4n) is 1.85. The lowest BCUT2D eigenvalue weighted by Crippen LogP contribution is -2.20. The first-order valence-corrected chi connectivity index (χ1v) is 9.49. The van der Waals surface area contributed by atoms with Crippen LogP contribution in [0, 0.1) is 0 Å². The lowest BCUT2D eigenvalue weighted by atomic mass is 10.1. The fraction of sp³-hybridized carbons (Fsp3) is 0.438. The minimum atomic E-state index is -0.231. The summed E-state index contributed by atoms with van der Waals surface area (Å²) in [5, 5.41) is 11.2. The molecule has 0 radical (unpaired) electrons. The van der Waals surface area contributed by atoms with Gasteiger partial charge in [-0.25, -0.2) is 0 Å².